The summed E-state index contributed by atoms with van der Waals surface area (Å²) >= 11 is 0. The van der Waals surface area contributed by atoms with E-state index in [2.05, 4.69) is 27.7 Å². The van der Waals surface area contributed by atoms with Gasteiger partial charge in [-0.25, -0.2) is 19.2 Å². The maximum Gasteiger partial charge on any atom is 0.340 e. The molecule has 0 aromatic heterocycles. The number of phenols is 4. The Morgan fingerprint density at radius 1 is 0.289 bits per heavy atom. The third-order valence-corrected chi connectivity index (χ3v) is 33.5. The van der Waals surface area contributed by atoms with Gasteiger partial charge in [0.2, 0.25) is 0 Å². The number of esters is 4. The third-order valence-electron chi connectivity index (χ3n) is 33.5. The van der Waals surface area contributed by atoms with Crippen molar-refractivity contribution in [2.45, 2.75) is 241 Å². The number of aliphatic hydroxyl groups excluding tert-OH is 2. The van der Waals surface area contributed by atoms with Crippen molar-refractivity contribution in [2.24, 2.45) is 69.0 Å². The molecular formula is C108H120O20. The number of hydrogen-bond acceptors (Lipinski definition) is 20. The van der Waals surface area contributed by atoms with E-state index >= 15 is 0 Å². The van der Waals surface area contributed by atoms with E-state index in [1.54, 1.807) is 121 Å². The zero-order valence-electron chi connectivity index (χ0n) is 74.4. The summed E-state index contributed by atoms with van der Waals surface area (Å²) in [5, 5.41) is 76.9. The molecule has 12 atom stereocenters. The number of carbonyl (C=O) groups excluding carboxylic acids is 4. The van der Waals surface area contributed by atoms with Gasteiger partial charge >= 0.3 is 23.9 Å². The zero-order valence-corrected chi connectivity index (χ0v) is 74.4. The first-order valence-electron chi connectivity index (χ1n) is 46.9. The van der Waals surface area contributed by atoms with E-state index < -0.39 is 60.8 Å². The first-order chi connectivity index (χ1) is 61.5. The van der Waals surface area contributed by atoms with Crippen LogP contribution in [0.2, 0.25) is 0 Å². The highest BCUT2D eigenvalue weighted by Crippen LogP contribution is 2.67. The quantitative estimate of drug-likeness (QED) is 0.0186. The minimum atomic E-state index is -1.12. The number of aromatic hydroxyl groups is 4. The number of rotatable bonds is 24. The van der Waals surface area contributed by atoms with E-state index in [0.29, 0.717) is 91.9 Å². The molecule has 25 rings (SSSR count). The average Bonchev–Trinajstić information content (AvgIpc) is 0.745. The molecule has 672 valence electrons. The monoisotopic (exact) mass is 1740 g/mol. The fourth-order valence-electron chi connectivity index (χ4n) is 30.8. The summed E-state index contributed by atoms with van der Waals surface area (Å²) in [4.78, 5) is 57.8. The standard InChI is InChI=1S/C108H120O20/c1-101-35-61-23-62(36-101)44-105(43-61,53-101)125-57-121-97(115)73-15-7-69(8-16-73)93-80-30-82(88(112)28-78(80)52-110)95(71-11-19-75(20-12-71)99(117)123-59-127-107-47-65-25-66(48-107)40-103(3,39-65)55-107)86-32-84(90(114)34-92(86)120-6)96(72-13-21-76(22-14-72)100(118)124-60-128-108-49-67-26-68(50-108)42-104(4,41-67)56-108)85-31-83(89(113)33-91(85)119-5)94(79-29-81(93)87(111)27-77(79)51-109)70-9-17-74(18-10-70)98(116)122-58-126-106-45-63-24-64(46-106)38-102(2,37-63)54-106/h7-22,27-34,61-68,93-96,109-114H,23-26,35-60H2,1-6H3. The van der Waals surface area contributed by atoms with Crippen molar-refractivity contribution in [3.05, 3.63) is 246 Å². The van der Waals surface area contributed by atoms with Crippen LogP contribution in [0.25, 0.3) is 0 Å². The lowest BCUT2D eigenvalue weighted by Crippen LogP contribution is -2.56. The molecule has 8 aromatic carbocycles. The maximum absolute atomic E-state index is 14.5. The molecule has 24 bridgehead atoms. The van der Waals surface area contributed by atoms with Crippen molar-refractivity contribution in [2.75, 3.05) is 41.4 Å². The number of methoxy groups -OCH3 is 2. The van der Waals surface area contributed by atoms with Gasteiger partial charge in [-0.2, -0.15) is 0 Å². The minimum Gasteiger partial charge on any atom is -0.508 e. The Morgan fingerprint density at radius 2 is 0.500 bits per heavy atom. The van der Waals surface area contributed by atoms with Gasteiger partial charge in [-0.15, -0.1) is 0 Å². The molecule has 0 saturated heterocycles. The van der Waals surface area contributed by atoms with E-state index in [4.69, 9.17) is 47.4 Å². The topological polar surface area (TPSA) is 282 Å². The Balaban J connectivity index is 0.701. The molecule has 12 unspecified atom stereocenters. The van der Waals surface area contributed by atoms with Crippen molar-refractivity contribution in [1.82, 2.24) is 0 Å². The van der Waals surface area contributed by atoms with E-state index in [-0.39, 0.29) is 161 Å². The van der Waals surface area contributed by atoms with Gasteiger partial charge in [0, 0.05) is 69.2 Å². The number of fused-ring (bicyclic) bond motifs is 8. The maximum atomic E-state index is 14.5. The van der Waals surface area contributed by atoms with Crippen LogP contribution in [-0.2, 0) is 51.1 Å². The predicted molar refractivity (Wildman–Crippen MR) is 474 cm³/mol. The van der Waals surface area contributed by atoms with Gasteiger partial charge in [0.05, 0.1) is 72.1 Å². The molecule has 8 aromatic rings. The summed E-state index contributed by atoms with van der Waals surface area (Å²) in [6.07, 6.45) is 25.6. The number of phenolic OH excluding ortho intramolecular Hbond substituents is 4. The second-order valence-corrected chi connectivity index (χ2v) is 43.7. The Morgan fingerprint density at radius 3 is 0.711 bits per heavy atom. The van der Waals surface area contributed by atoms with Crippen molar-refractivity contribution < 1.29 is 97.2 Å². The molecule has 128 heavy (non-hydrogen) atoms. The normalized spacial score (nSPS) is 33.7. The Labute approximate surface area is 748 Å². The highest BCUT2D eigenvalue weighted by atomic mass is 16.7. The molecule has 17 aliphatic carbocycles. The van der Waals surface area contributed by atoms with Crippen molar-refractivity contribution in [3.8, 4) is 34.5 Å². The molecule has 0 heterocycles. The summed E-state index contributed by atoms with van der Waals surface area (Å²) in [6.45, 7) is 7.28. The highest BCUT2D eigenvalue weighted by Gasteiger charge is 2.61. The Bertz CT molecular complexity index is 4920. The molecule has 0 amide bonds. The zero-order chi connectivity index (χ0) is 88.3. The van der Waals surface area contributed by atoms with Crippen LogP contribution in [0.5, 0.6) is 34.5 Å². The predicted octanol–water partition coefficient (Wildman–Crippen LogP) is 20.5. The molecule has 6 N–H and O–H groups in total. The SMILES string of the molecule is COc1cc(O)c2cc1C(c1ccc(C(=O)OCOC34CC5CC(CC(C)(C5)C3)C4)cc1)c1cc(c(OC)cc1O)C(c1ccc(C(=O)OCOC34CC5CC(CC(C)(C5)C3)C4)cc1)c1cc(c(CO)cc1O)C(c1ccc(C(=O)OCOC34CC5CC(CC(C)(C5)C3)C4)cc1)c1cc(c(CO)cc1O)C2c1ccc(C(=O)OCOC23CC4CC(CC(C)(C4)C2)C3)cc1. The lowest BCUT2D eigenvalue weighted by Gasteiger charge is -2.60. The number of benzene rings is 8. The van der Waals surface area contributed by atoms with Crippen LogP contribution in [0, 0.1) is 69.0 Å². The number of carbonyl (C=O) groups is 4. The van der Waals surface area contributed by atoms with Crippen LogP contribution in [0.1, 0.15) is 325 Å². The third kappa shape index (κ3) is 15.6. The largest absolute Gasteiger partial charge is 0.508 e. The molecule has 0 radical (unpaired) electrons. The molecule has 0 aliphatic heterocycles. The van der Waals surface area contributed by atoms with E-state index in [9.17, 15) is 49.8 Å². The lowest BCUT2D eigenvalue weighted by atomic mass is 9.48. The molecular weight excluding hydrogens is 1620 g/mol. The van der Waals surface area contributed by atoms with Crippen LogP contribution >= 0.6 is 0 Å². The van der Waals surface area contributed by atoms with Gasteiger partial charge in [-0.05, 0) is 353 Å². The summed E-state index contributed by atoms with van der Waals surface area (Å²) < 4.78 is 63.5. The summed E-state index contributed by atoms with van der Waals surface area (Å²) in [5.74, 6) is -2.96. The summed E-state index contributed by atoms with van der Waals surface area (Å²) in [5.41, 5.74) is 5.23. The van der Waals surface area contributed by atoms with Crippen LogP contribution in [-0.4, -0.2) is 118 Å². The highest BCUT2D eigenvalue weighted by molar-refractivity contribution is 5.91. The van der Waals surface area contributed by atoms with Gasteiger partial charge in [-0.1, -0.05) is 76.2 Å². The van der Waals surface area contributed by atoms with Crippen LogP contribution in [0.3, 0.4) is 0 Å². The Kier molecular flexibility index (Phi) is 21.3. The second kappa shape index (κ2) is 32.1. The van der Waals surface area contributed by atoms with Gasteiger partial charge in [0.15, 0.2) is 27.2 Å². The van der Waals surface area contributed by atoms with E-state index in [1.807, 2.05) is 0 Å². The molecule has 20 heteroatoms. The number of aliphatic hydroxyl groups is 2. The number of hydrogen-bond donors (Lipinski definition) is 6. The van der Waals surface area contributed by atoms with Gasteiger partial charge in [0.1, 0.15) is 34.5 Å². The molecule has 0 spiro atoms. The van der Waals surface area contributed by atoms with Crippen LogP contribution in [0.4, 0.5) is 0 Å². The smallest absolute Gasteiger partial charge is 0.340 e. The first-order valence-corrected chi connectivity index (χ1v) is 46.9. The van der Waals surface area contributed by atoms with Crippen molar-refractivity contribution in [1.29, 1.82) is 0 Å². The molecule has 16 fully saturated rings. The average molecular weight is 1740 g/mol. The van der Waals surface area contributed by atoms with Crippen molar-refractivity contribution >= 4 is 23.9 Å². The Hall–Kier alpha value is -9.80. The van der Waals surface area contributed by atoms with Crippen molar-refractivity contribution in [3.63, 3.8) is 0 Å². The lowest BCUT2D eigenvalue weighted by molar-refractivity contribution is -0.216. The first kappa shape index (κ1) is 85.0. The van der Waals surface area contributed by atoms with Gasteiger partial charge < -0.3 is 78.0 Å². The second-order valence-electron chi connectivity index (χ2n) is 43.7. The number of ether oxygens (including phenoxy) is 10. The molecule has 20 nitrogen and oxygen atoms in total. The molecule has 16 saturated carbocycles. The fraction of sp³-hybridized carbons (Fsp3) is 0.519. The van der Waals surface area contributed by atoms with Crippen LogP contribution in [0.15, 0.2) is 146 Å². The minimum absolute atomic E-state index is 0.166. The summed E-state index contributed by atoms with van der Waals surface area (Å²) in [6, 6.07) is 40.4. The van der Waals surface area contributed by atoms with Gasteiger partial charge in [0.25, 0.3) is 0 Å². The van der Waals surface area contributed by atoms with E-state index in [1.165, 1.54) is 116 Å². The van der Waals surface area contributed by atoms with Gasteiger partial charge in [-0.3, -0.25) is 0 Å². The van der Waals surface area contributed by atoms with E-state index in [0.717, 1.165) is 77.0 Å². The molecule has 17 aliphatic rings. The van der Waals surface area contributed by atoms with Crippen LogP contribution < -0.4 is 9.47 Å². The fourth-order valence-corrected chi connectivity index (χ4v) is 30.8. The summed E-state index contributed by atoms with van der Waals surface area (Å²) in [7, 11) is 2.95.